The lowest BCUT2D eigenvalue weighted by Crippen LogP contribution is -2.43. The van der Waals surface area contributed by atoms with E-state index in [-0.39, 0.29) is 30.3 Å². The van der Waals surface area contributed by atoms with Crippen molar-refractivity contribution in [3.05, 3.63) is 56.0 Å². The highest BCUT2D eigenvalue weighted by atomic mass is 19.1. The van der Waals surface area contributed by atoms with Crippen molar-refractivity contribution >= 4 is 23.3 Å². The maximum Gasteiger partial charge on any atom is 0.332 e. The Morgan fingerprint density at radius 3 is 2.45 bits per heavy atom. The average molecular weight is 409 g/mol. The standard InChI is InChI=1S/C17H20FN5O6/c1-19-14(25)9-4-5-11(10(18)8-9)20-13-12(15(26)21-29-7-6-24)16(27)23(3)17(28)22(13)2/h4-5,8,20,24H,6-7H2,1-3H3,(H,19,25)(H,21,26). The molecule has 0 unspecified atom stereocenters. The Morgan fingerprint density at radius 1 is 1.17 bits per heavy atom. The second-order valence-corrected chi connectivity index (χ2v) is 5.83. The summed E-state index contributed by atoms with van der Waals surface area (Å²) in [6.07, 6.45) is 0. The van der Waals surface area contributed by atoms with E-state index < -0.39 is 34.4 Å². The molecule has 0 radical (unpaired) electrons. The summed E-state index contributed by atoms with van der Waals surface area (Å²) in [4.78, 5) is 53.5. The Balaban J connectivity index is 2.54. The van der Waals surface area contributed by atoms with Gasteiger partial charge in [-0.3, -0.25) is 28.4 Å². The van der Waals surface area contributed by atoms with Crippen LogP contribution >= 0.6 is 0 Å². The molecule has 1 aromatic carbocycles. The summed E-state index contributed by atoms with van der Waals surface area (Å²) in [5.74, 6) is -2.63. The average Bonchev–Trinajstić information content (AvgIpc) is 2.71. The Hall–Kier alpha value is -3.51. The molecule has 1 heterocycles. The summed E-state index contributed by atoms with van der Waals surface area (Å²) in [7, 11) is 3.86. The van der Waals surface area contributed by atoms with E-state index in [1.54, 1.807) is 0 Å². The van der Waals surface area contributed by atoms with Crippen LogP contribution < -0.4 is 27.4 Å². The first-order valence-corrected chi connectivity index (χ1v) is 8.34. The van der Waals surface area contributed by atoms with Gasteiger partial charge in [0.25, 0.3) is 17.4 Å². The Kier molecular flexibility index (Phi) is 6.85. The van der Waals surface area contributed by atoms with Crippen molar-refractivity contribution in [3.63, 3.8) is 0 Å². The minimum atomic E-state index is -1.00. The Morgan fingerprint density at radius 2 is 1.86 bits per heavy atom. The number of hydroxylamine groups is 1. The molecule has 11 nitrogen and oxygen atoms in total. The fraction of sp³-hybridized carbons (Fsp3) is 0.294. The third-order valence-electron chi connectivity index (χ3n) is 3.96. The first-order valence-electron chi connectivity index (χ1n) is 8.34. The molecule has 12 heteroatoms. The predicted molar refractivity (Wildman–Crippen MR) is 101 cm³/mol. The molecule has 4 N–H and O–H groups in total. The molecule has 1 aromatic heterocycles. The first-order chi connectivity index (χ1) is 13.7. The number of halogens is 1. The van der Waals surface area contributed by atoms with E-state index in [4.69, 9.17) is 9.94 Å². The SMILES string of the molecule is CNC(=O)c1ccc(Nc2c(C(=O)NOCCO)c(=O)n(C)c(=O)n2C)c(F)c1. The van der Waals surface area contributed by atoms with E-state index in [1.165, 1.54) is 33.3 Å². The van der Waals surface area contributed by atoms with E-state index in [0.29, 0.717) is 4.57 Å². The summed E-state index contributed by atoms with van der Waals surface area (Å²) in [5.41, 5.74) is -0.353. The number of carbonyl (C=O) groups excluding carboxylic acids is 2. The van der Waals surface area contributed by atoms with Crippen LogP contribution in [0.15, 0.2) is 27.8 Å². The number of amides is 2. The third kappa shape index (κ3) is 4.50. The molecule has 0 saturated carbocycles. The first kappa shape index (κ1) is 21.8. The summed E-state index contributed by atoms with van der Waals surface area (Å²) in [6.45, 7) is -0.601. The lowest BCUT2D eigenvalue weighted by Gasteiger charge is -2.17. The molecule has 29 heavy (non-hydrogen) atoms. The molecule has 0 saturated heterocycles. The maximum absolute atomic E-state index is 14.5. The van der Waals surface area contributed by atoms with Gasteiger partial charge in [-0.05, 0) is 18.2 Å². The molecule has 0 fully saturated rings. The number of aromatic nitrogens is 2. The van der Waals surface area contributed by atoms with Crippen LogP contribution in [-0.4, -0.2) is 46.3 Å². The monoisotopic (exact) mass is 409 g/mol. The van der Waals surface area contributed by atoms with Crippen molar-refractivity contribution in [2.75, 3.05) is 25.6 Å². The number of anilines is 2. The van der Waals surface area contributed by atoms with Crippen molar-refractivity contribution in [2.45, 2.75) is 0 Å². The zero-order valence-electron chi connectivity index (χ0n) is 15.9. The molecule has 0 aliphatic carbocycles. The quantitative estimate of drug-likeness (QED) is 0.338. The largest absolute Gasteiger partial charge is 0.394 e. The van der Waals surface area contributed by atoms with Crippen molar-refractivity contribution < 1.29 is 23.9 Å². The third-order valence-corrected chi connectivity index (χ3v) is 3.96. The van der Waals surface area contributed by atoms with E-state index in [0.717, 1.165) is 10.6 Å². The summed E-state index contributed by atoms with van der Waals surface area (Å²) < 4.78 is 16.1. The van der Waals surface area contributed by atoms with Crippen LogP contribution in [-0.2, 0) is 18.9 Å². The lowest BCUT2D eigenvalue weighted by molar-refractivity contribution is 0.0167. The molecular formula is C17H20FN5O6. The van der Waals surface area contributed by atoms with E-state index in [2.05, 4.69) is 10.6 Å². The minimum absolute atomic E-state index is 0.0591. The summed E-state index contributed by atoms with van der Waals surface area (Å²) in [6, 6.07) is 3.52. The number of hydrogen-bond acceptors (Lipinski definition) is 7. The Labute approximate surface area is 163 Å². The number of nitrogens with one attached hydrogen (secondary N) is 3. The number of aliphatic hydroxyl groups excluding tert-OH is 1. The van der Waals surface area contributed by atoms with Gasteiger partial charge in [-0.15, -0.1) is 0 Å². The fourth-order valence-electron chi connectivity index (χ4n) is 2.44. The molecule has 2 amide bonds. The van der Waals surface area contributed by atoms with Gasteiger partial charge in [-0.1, -0.05) is 0 Å². The molecule has 0 atom stereocenters. The molecule has 0 bridgehead atoms. The Bertz CT molecular complexity index is 1060. The van der Waals surface area contributed by atoms with Crippen LogP contribution in [0.2, 0.25) is 0 Å². The number of hydrogen-bond donors (Lipinski definition) is 4. The molecular weight excluding hydrogens is 389 g/mol. The van der Waals surface area contributed by atoms with Crippen molar-refractivity contribution in [1.82, 2.24) is 19.9 Å². The highest BCUT2D eigenvalue weighted by Crippen LogP contribution is 2.21. The fourth-order valence-corrected chi connectivity index (χ4v) is 2.44. The van der Waals surface area contributed by atoms with Crippen molar-refractivity contribution in [1.29, 1.82) is 0 Å². The van der Waals surface area contributed by atoms with Crippen LogP contribution in [0, 0.1) is 5.82 Å². The predicted octanol–water partition coefficient (Wildman–Crippen LogP) is -1.02. The second-order valence-electron chi connectivity index (χ2n) is 5.83. The molecule has 0 aliphatic rings. The normalized spacial score (nSPS) is 10.5. The van der Waals surface area contributed by atoms with Crippen LogP contribution in [0.25, 0.3) is 0 Å². The number of aliphatic hydroxyl groups is 1. The van der Waals surface area contributed by atoms with Gasteiger partial charge in [0.2, 0.25) is 0 Å². The van der Waals surface area contributed by atoms with Crippen LogP contribution in [0.4, 0.5) is 15.9 Å². The van der Waals surface area contributed by atoms with Crippen LogP contribution in [0.1, 0.15) is 20.7 Å². The van der Waals surface area contributed by atoms with Gasteiger partial charge >= 0.3 is 5.69 Å². The zero-order valence-corrected chi connectivity index (χ0v) is 15.9. The van der Waals surface area contributed by atoms with Gasteiger partial charge in [0, 0.05) is 26.7 Å². The molecule has 156 valence electrons. The maximum atomic E-state index is 14.5. The number of nitrogens with zero attached hydrogens (tertiary/aromatic N) is 2. The van der Waals surface area contributed by atoms with Crippen LogP contribution in [0.5, 0.6) is 0 Å². The molecule has 0 spiro atoms. The number of benzene rings is 1. The molecule has 2 rings (SSSR count). The van der Waals surface area contributed by atoms with Gasteiger partial charge in [0.15, 0.2) is 0 Å². The van der Waals surface area contributed by atoms with Gasteiger partial charge in [0.05, 0.1) is 18.9 Å². The molecule has 0 aliphatic heterocycles. The smallest absolute Gasteiger partial charge is 0.332 e. The minimum Gasteiger partial charge on any atom is -0.394 e. The van der Waals surface area contributed by atoms with Gasteiger partial charge < -0.3 is 15.7 Å². The molecule has 2 aromatic rings. The van der Waals surface area contributed by atoms with Gasteiger partial charge in [0.1, 0.15) is 17.2 Å². The summed E-state index contributed by atoms with van der Waals surface area (Å²) in [5, 5.41) is 13.6. The van der Waals surface area contributed by atoms with Crippen molar-refractivity contribution in [2.24, 2.45) is 14.1 Å². The lowest BCUT2D eigenvalue weighted by atomic mass is 10.1. The second kappa shape index (κ2) is 9.12. The highest BCUT2D eigenvalue weighted by molar-refractivity contribution is 5.98. The highest BCUT2D eigenvalue weighted by Gasteiger charge is 2.23. The van der Waals surface area contributed by atoms with E-state index >= 15 is 0 Å². The topological polar surface area (TPSA) is 144 Å². The van der Waals surface area contributed by atoms with Gasteiger partial charge in [-0.25, -0.2) is 14.7 Å². The summed E-state index contributed by atoms with van der Waals surface area (Å²) >= 11 is 0. The van der Waals surface area contributed by atoms with Crippen LogP contribution in [0.3, 0.4) is 0 Å². The van der Waals surface area contributed by atoms with E-state index in [9.17, 15) is 23.6 Å². The van der Waals surface area contributed by atoms with E-state index in [1.807, 2.05) is 5.48 Å². The van der Waals surface area contributed by atoms with Crippen molar-refractivity contribution in [3.8, 4) is 0 Å². The number of rotatable bonds is 7. The van der Waals surface area contributed by atoms with Gasteiger partial charge in [-0.2, -0.15) is 0 Å². The number of carbonyl (C=O) groups is 2. The zero-order chi connectivity index (χ0) is 21.7.